The molecule has 0 saturated heterocycles. The molecule has 6 heteroatoms. The first-order valence-corrected chi connectivity index (χ1v) is 10.6. The molecule has 2 aromatic carbocycles. The zero-order chi connectivity index (χ0) is 20.4. The Bertz CT molecular complexity index is 1040. The van der Waals surface area contributed by atoms with E-state index in [2.05, 4.69) is 15.6 Å². The molecule has 2 N–H and O–H groups in total. The number of rotatable bonds is 4. The minimum absolute atomic E-state index is 0.0328. The number of aryl methyl sites for hydroxylation is 3. The molecule has 0 spiro atoms. The molecule has 29 heavy (non-hydrogen) atoms. The number of fused-ring (bicyclic) bond motifs is 1. The number of benzene rings is 2. The Kier molecular flexibility index (Phi) is 5.45. The molecule has 0 bridgehead atoms. The fourth-order valence-corrected chi connectivity index (χ4v) is 4.77. The average Bonchev–Trinajstić information content (AvgIpc) is 3.13. The second-order valence-corrected chi connectivity index (χ2v) is 8.43. The zero-order valence-electron chi connectivity index (χ0n) is 16.5. The van der Waals surface area contributed by atoms with Crippen molar-refractivity contribution in [1.29, 1.82) is 0 Å². The number of carbonyl (C=O) groups is 2. The van der Waals surface area contributed by atoms with Gasteiger partial charge in [0.1, 0.15) is 0 Å². The molecule has 0 radical (unpaired) electrons. The number of nitrogens with one attached hydrogen (secondary N) is 2. The minimum atomic E-state index is -0.295. The Morgan fingerprint density at radius 1 is 1.00 bits per heavy atom. The van der Waals surface area contributed by atoms with E-state index in [0.717, 1.165) is 46.6 Å². The normalized spacial score (nSPS) is 15.4. The van der Waals surface area contributed by atoms with Crippen molar-refractivity contribution < 1.29 is 9.59 Å². The maximum Gasteiger partial charge on any atom is 0.257 e. The summed E-state index contributed by atoms with van der Waals surface area (Å²) >= 11 is 1.47. The van der Waals surface area contributed by atoms with Gasteiger partial charge in [0, 0.05) is 16.1 Å². The Morgan fingerprint density at radius 2 is 1.72 bits per heavy atom. The van der Waals surface area contributed by atoms with Crippen LogP contribution in [0.15, 0.2) is 48.5 Å². The van der Waals surface area contributed by atoms with Gasteiger partial charge < -0.3 is 5.32 Å². The van der Waals surface area contributed by atoms with Gasteiger partial charge in [0.15, 0.2) is 5.13 Å². The molecule has 2 amide bonds. The van der Waals surface area contributed by atoms with Gasteiger partial charge in [0.05, 0.1) is 11.6 Å². The maximum absolute atomic E-state index is 13.1. The number of thiazole rings is 1. The van der Waals surface area contributed by atoms with Gasteiger partial charge in [0.2, 0.25) is 5.91 Å². The fraction of sp³-hybridized carbons (Fsp3) is 0.261. The SMILES string of the molecule is Cc1cccc(C)c1NC(=O)C1CCCc2sc(NC(=O)c3ccccc3)nc21. The van der Waals surface area contributed by atoms with Crippen LogP contribution in [0.2, 0.25) is 0 Å². The lowest BCUT2D eigenvalue weighted by Crippen LogP contribution is -2.25. The van der Waals surface area contributed by atoms with Gasteiger partial charge in [-0.2, -0.15) is 0 Å². The summed E-state index contributed by atoms with van der Waals surface area (Å²) in [6.07, 6.45) is 2.59. The predicted octanol–water partition coefficient (Wildman–Crippen LogP) is 5.07. The summed E-state index contributed by atoms with van der Waals surface area (Å²) in [6, 6.07) is 15.0. The quantitative estimate of drug-likeness (QED) is 0.636. The van der Waals surface area contributed by atoms with E-state index in [1.807, 2.05) is 50.2 Å². The average molecular weight is 406 g/mol. The molecule has 148 valence electrons. The van der Waals surface area contributed by atoms with Gasteiger partial charge in [-0.3, -0.25) is 14.9 Å². The van der Waals surface area contributed by atoms with Crippen LogP contribution in [0.5, 0.6) is 0 Å². The van der Waals surface area contributed by atoms with Crippen molar-refractivity contribution >= 4 is 34.0 Å². The molecule has 0 aliphatic heterocycles. The van der Waals surface area contributed by atoms with Crippen LogP contribution in [-0.4, -0.2) is 16.8 Å². The predicted molar refractivity (Wildman–Crippen MR) is 117 cm³/mol. The van der Waals surface area contributed by atoms with Crippen molar-refractivity contribution in [3.63, 3.8) is 0 Å². The highest BCUT2D eigenvalue weighted by Crippen LogP contribution is 2.37. The molecule has 1 heterocycles. The summed E-state index contributed by atoms with van der Waals surface area (Å²) < 4.78 is 0. The lowest BCUT2D eigenvalue weighted by molar-refractivity contribution is -0.118. The highest BCUT2D eigenvalue weighted by molar-refractivity contribution is 7.16. The first-order valence-electron chi connectivity index (χ1n) is 9.76. The van der Waals surface area contributed by atoms with E-state index in [-0.39, 0.29) is 17.7 Å². The lowest BCUT2D eigenvalue weighted by Gasteiger charge is -2.21. The summed E-state index contributed by atoms with van der Waals surface area (Å²) in [4.78, 5) is 31.2. The molecule has 5 nitrogen and oxygen atoms in total. The van der Waals surface area contributed by atoms with Crippen molar-refractivity contribution in [2.24, 2.45) is 0 Å². The van der Waals surface area contributed by atoms with Crippen LogP contribution >= 0.6 is 11.3 Å². The van der Waals surface area contributed by atoms with Crippen LogP contribution in [0.3, 0.4) is 0 Å². The number of amides is 2. The van der Waals surface area contributed by atoms with E-state index in [9.17, 15) is 9.59 Å². The molecule has 3 aromatic rings. The van der Waals surface area contributed by atoms with Crippen molar-refractivity contribution in [3.05, 3.63) is 75.8 Å². The number of anilines is 2. The van der Waals surface area contributed by atoms with Crippen molar-refractivity contribution in [1.82, 2.24) is 4.98 Å². The number of hydrogen-bond donors (Lipinski definition) is 2. The van der Waals surface area contributed by atoms with Crippen LogP contribution in [0.25, 0.3) is 0 Å². The summed E-state index contributed by atoms with van der Waals surface area (Å²) in [5, 5.41) is 6.53. The zero-order valence-corrected chi connectivity index (χ0v) is 17.3. The van der Waals surface area contributed by atoms with Crippen LogP contribution in [0, 0.1) is 13.8 Å². The van der Waals surface area contributed by atoms with E-state index in [4.69, 9.17) is 0 Å². The Balaban J connectivity index is 1.54. The third-order valence-electron chi connectivity index (χ3n) is 5.26. The number of aromatic nitrogens is 1. The topological polar surface area (TPSA) is 71.1 Å². The highest BCUT2D eigenvalue weighted by Gasteiger charge is 2.31. The second-order valence-electron chi connectivity index (χ2n) is 7.35. The van der Waals surface area contributed by atoms with Gasteiger partial charge in [-0.1, -0.05) is 36.4 Å². The van der Waals surface area contributed by atoms with Crippen molar-refractivity contribution in [2.75, 3.05) is 10.6 Å². The lowest BCUT2D eigenvalue weighted by atomic mass is 9.90. The van der Waals surface area contributed by atoms with Crippen molar-refractivity contribution in [2.45, 2.75) is 39.0 Å². The molecule has 1 aliphatic rings. The number of para-hydroxylation sites is 1. The van der Waals surface area contributed by atoms with E-state index >= 15 is 0 Å². The summed E-state index contributed by atoms with van der Waals surface area (Å²) in [5.74, 6) is -0.515. The largest absolute Gasteiger partial charge is 0.325 e. The first-order chi connectivity index (χ1) is 14.0. The minimum Gasteiger partial charge on any atom is -0.325 e. The van der Waals surface area contributed by atoms with E-state index in [0.29, 0.717) is 10.7 Å². The Morgan fingerprint density at radius 3 is 2.45 bits per heavy atom. The number of nitrogens with zero attached hydrogens (tertiary/aromatic N) is 1. The molecular weight excluding hydrogens is 382 g/mol. The first kappa shape index (κ1) is 19.3. The smallest absolute Gasteiger partial charge is 0.257 e. The van der Waals surface area contributed by atoms with Gasteiger partial charge in [-0.15, -0.1) is 11.3 Å². The van der Waals surface area contributed by atoms with Crippen LogP contribution in [0.4, 0.5) is 10.8 Å². The summed E-state index contributed by atoms with van der Waals surface area (Å²) in [6.45, 7) is 3.99. The van der Waals surface area contributed by atoms with Crippen LogP contribution in [-0.2, 0) is 11.2 Å². The maximum atomic E-state index is 13.1. The second kappa shape index (κ2) is 8.17. The van der Waals surface area contributed by atoms with Crippen LogP contribution in [0.1, 0.15) is 50.8 Å². The molecular formula is C23H23N3O2S. The Labute approximate surface area is 174 Å². The Hall–Kier alpha value is -2.99. The van der Waals surface area contributed by atoms with E-state index < -0.39 is 0 Å². The van der Waals surface area contributed by atoms with Gasteiger partial charge in [-0.25, -0.2) is 4.98 Å². The number of carbonyl (C=O) groups excluding carboxylic acids is 2. The van der Waals surface area contributed by atoms with Crippen molar-refractivity contribution in [3.8, 4) is 0 Å². The van der Waals surface area contributed by atoms with Gasteiger partial charge in [-0.05, 0) is 56.4 Å². The molecule has 0 fully saturated rings. The molecule has 1 aromatic heterocycles. The summed E-state index contributed by atoms with van der Waals surface area (Å²) in [5.41, 5.74) is 4.35. The summed E-state index contributed by atoms with van der Waals surface area (Å²) in [7, 11) is 0. The van der Waals surface area contributed by atoms with E-state index in [1.54, 1.807) is 12.1 Å². The third-order valence-corrected chi connectivity index (χ3v) is 6.30. The monoisotopic (exact) mass is 405 g/mol. The molecule has 1 unspecified atom stereocenters. The highest BCUT2D eigenvalue weighted by atomic mass is 32.1. The third kappa shape index (κ3) is 4.07. The van der Waals surface area contributed by atoms with Crippen LogP contribution < -0.4 is 10.6 Å². The van der Waals surface area contributed by atoms with E-state index in [1.165, 1.54) is 11.3 Å². The standard InChI is InChI=1S/C23H23N3O2S/c1-14-8-6-9-15(2)19(14)24-22(28)17-12-7-13-18-20(17)25-23(29-18)26-21(27)16-10-4-3-5-11-16/h3-6,8-11,17H,7,12-13H2,1-2H3,(H,24,28)(H,25,26,27). The molecule has 1 atom stereocenters. The fourth-order valence-electron chi connectivity index (χ4n) is 3.71. The van der Waals surface area contributed by atoms with Gasteiger partial charge in [0.25, 0.3) is 5.91 Å². The molecule has 4 rings (SSSR count). The molecule has 0 saturated carbocycles. The molecule has 1 aliphatic carbocycles. The number of hydrogen-bond acceptors (Lipinski definition) is 4. The van der Waals surface area contributed by atoms with Gasteiger partial charge >= 0.3 is 0 Å².